The van der Waals surface area contributed by atoms with Crippen LogP contribution in [0.2, 0.25) is 0 Å². The van der Waals surface area contributed by atoms with Crippen LogP contribution >= 0.6 is 0 Å². The van der Waals surface area contributed by atoms with Crippen LogP contribution in [0.3, 0.4) is 0 Å². The van der Waals surface area contributed by atoms with E-state index in [1.807, 2.05) is 66.7 Å². The quantitative estimate of drug-likeness (QED) is 0.189. The van der Waals surface area contributed by atoms with Crippen LogP contribution in [0.4, 0.5) is 25.8 Å². The maximum absolute atomic E-state index is 15.1. The normalized spacial score (nSPS) is 11.6. The van der Waals surface area contributed by atoms with Gasteiger partial charge < -0.3 is 14.0 Å². The van der Waals surface area contributed by atoms with Crippen molar-refractivity contribution in [2.24, 2.45) is 0 Å². The van der Waals surface area contributed by atoms with Crippen molar-refractivity contribution in [3.8, 4) is 11.4 Å². The van der Waals surface area contributed by atoms with Crippen molar-refractivity contribution in [3.05, 3.63) is 175 Å². The Hall–Kier alpha value is -6.20. The maximum Gasteiger partial charge on any atom is 0.123 e. The zero-order valence-electron chi connectivity index (χ0n) is 25.2. The molecule has 0 unspecified atom stereocenters. The molecular formula is C42H27F2N3. The van der Waals surface area contributed by atoms with Crippen LogP contribution in [0.1, 0.15) is 0 Å². The van der Waals surface area contributed by atoms with Crippen molar-refractivity contribution in [2.75, 3.05) is 4.90 Å². The van der Waals surface area contributed by atoms with Gasteiger partial charge in [-0.2, -0.15) is 0 Å². The van der Waals surface area contributed by atoms with Gasteiger partial charge in [0.25, 0.3) is 0 Å². The van der Waals surface area contributed by atoms with Crippen molar-refractivity contribution < 1.29 is 8.78 Å². The van der Waals surface area contributed by atoms with Gasteiger partial charge in [0.2, 0.25) is 0 Å². The Morgan fingerprint density at radius 1 is 0.383 bits per heavy atom. The van der Waals surface area contributed by atoms with Gasteiger partial charge in [0.05, 0.1) is 33.4 Å². The molecule has 0 bridgehead atoms. The summed E-state index contributed by atoms with van der Waals surface area (Å²) in [6.45, 7) is 0. The molecule has 9 rings (SSSR count). The van der Waals surface area contributed by atoms with Crippen LogP contribution in [0, 0.1) is 11.6 Å². The summed E-state index contributed by atoms with van der Waals surface area (Å²) < 4.78 is 34.5. The lowest BCUT2D eigenvalue weighted by atomic mass is 10.0. The van der Waals surface area contributed by atoms with Crippen molar-refractivity contribution >= 4 is 60.7 Å². The van der Waals surface area contributed by atoms with Crippen LogP contribution in [0.25, 0.3) is 55.0 Å². The standard InChI is InChI=1S/C42H27F2N3/c43-28-22-24-35-33(26-28)41-37(45(35)30-12-4-1-5-13-30)18-10-20-39(41)47(32-16-8-3-9-17-32)40-21-11-19-38-42(40)34-27-29(44)23-25-36(34)46(38)31-14-6-2-7-15-31/h1-27H. The molecule has 0 amide bonds. The van der Waals surface area contributed by atoms with Gasteiger partial charge in [-0.1, -0.05) is 66.7 Å². The van der Waals surface area contributed by atoms with E-state index in [1.54, 1.807) is 12.1 Å². The van der Waals surface area contributed by atoms with Crippen LogP contribution in [-0.2, 0) is 0 Å². The fraction of sp³-hybridized carbons (Fsp3) is 0. The van der Waals surface area contributed by atoms with Crippen molar-refractivity contribution in [1.29, 1.82) is 0 Å². The van der Waals surface area contributed by atoms with Gasteiger partial charge in [-0.3, -0.25) is 0 Å². The minimum atomic E-state index is -0.297. The maximum atomic E-state index is 15.1. The van der Waals surface area contributed by atoms with E-state index < -0.39 is 0 Å². The van der Waals surface area contributed by atoms with Gasteiger partial charge in [0.1, 0.15) is 11.6 Å². The van der Waals surface area contributed by atoms with Gasteiger partial charge in [-0.05, 0) is 97.1 Å². The van der Waals surface area contributed by atoms with E-state index in [0.29, 0.717) is 0 Å². The van der Waals surface area contributed by atoms with Gasteiger partial charge in [0.15, 0.2) is 0 Å². The van der Waals surface area contributed by atoms with Crippen LogP contribution in [0.5, 0.6) is 0 Å². The Morgan fingerprint density at radius 3 is 1.26 bits per heavy atom. The molecule has 9 aromatic rings. The first-order chi connectivity index (χ1) is 23.2. The average molecular weight is 612 g/mol. The highest BCUT2D eigenvalue weighted by Gasteiger charge is 2.25. The monoisotopic (exact) mass is 611 g/mol. The lowest BCUT2D eigenvalue weighted by Gasteiger charge is -2.27. The number of fused-ring (bicyclic) bond motifs is 6. The molecule has 3 nitrogen and oxygen atoms in total. The number of aromatic nitrogens is 2. The summed E-state index contributed by atoms with van der Waals surface area (Å²) in [6.07, 6.45) is 0. The Labute approximate surface area is 269 Å². The minimum Gasteiger partial charge on any atom is -0.309 e. The highest BCUT2D eigenvalue weighted by atomic mass is 19.1. The molecule has 0 saturated heterocycles. The van der Waals surface area contributed by atoms with Crippen molar-refractivity contribution in [3.63, 3.8) is 0 Å². The summed E-state index contributed by atoms with van der Waals surface area (Å²) in [5.74, 6) is -0.594. The molecule has 0 radical (unpaired) electrons. The summed E-state index contributed by atoms with van der Waals surface area (Å²) in [5.41, 5.74) is 8.44. The van der Waals surface area contributed by atoms with E-state index in [4.69, 9.17) is 0 Å². The molecule has 47 heavy (non-hydrogen) atoms. The lowest BCUT2D eigenvalue weighted by Crippen LogP contribution is -2.11. The Morgan fingerprint density at radius 2 is 0.809 bits per heavy atom. The molecule has 0 aliphatic rings. The number of halogens is 2. The predicted molar refractivity (Wildman–Crippen MR) is 190 cm³/mol. The Balaban J connectivity index is 1.43. The Bertz CT molecular complexity index is 2420. The molecule has 0 atom stereocenters. The second-order valence-corrected chi connectivity index (χ2v) is 11.7. The smallest absolute Gasteiger partial charge is 0.123 e. The number of anilines is 3. The predicted octanol–water partition coefficient (Wildman–Crippen LogP) is 11.6. The third-order valence-electron chi connectivity index (χ3n) is 8.99. The van der Waals surface area contributed by atoms with E-state index in [1.165, 1.54) is 12.1 Å². The summed E-state index contributed by atoms with van der Waals surface area (Å²) in [7, 11) is 0. The van der Waals surface area contributed by atoms with Gasteiger partial charge in [0, 0.05) is 38.6 Å². The van der Waals surface area contributed by atoms with E-state index >= 15 is 8.78 Å². The van der Waals surface area contributed by atoms with Crippen molar-refractivity contribution in [1.82, 2.24) is 9.13 Å². The van der Waals surface area contributed by atoms with E-state index in [0.717, 1.165) is 72.0 Å². The minimum absolute atomic E-state index is 0.297. The largest absolute Gasteiger partial charge is 0.309 e. The summed E-state index contributed by atoms with van der Waals surface area (Å²) in [6, 6.07) is 52.9. The molecule has 0 fully saturated rings. The van der Waals surface area contributed by atoms with Gasteiger partial charge in [-0.15, -0.1) is 0 Å². The zero-order chi connectivity index (χ0) is 31.5. The fourth-order valence-corrected chi connectivity index (χ4v) is 7.12. The molecule has 0 spiro atoms. The SMILES string of the molecule is Fc1ccc2c(c1)c1c(N(c3ccccc3)c3cccc4c3c3cc(F)ccc3n4-c3ccccc3)cccc1n2-c1ccccc1. The second kappa shape index (κ2) is 10.7. The molecule has 0 aliphatic carbocycles. The molecule has 0 aliphatic heterocycles. The first kappa shape index (κ1) is 27.1. The third-order valence-corrected chi connectivity index (χ3v) is 8.99. The molecule has 0 N–H and O–H groups in total. The van der Waals surface area contributed by atoms with Crippen LogP contribution < -0.4 is 4.90 Å². The van der Waals surface area contributed by atoms with E-state index in [2.05, 4.69) is 86.8 Å². The number of nitrogens with zero attached hydrogens (tertiary/aromatic N) is 3. The van der Waals surface area contributed by atoms with Gasteiger partial charge in [-0.25, -0.2) is 8.78 Å². The first-order valence-corrected chi connectivity index (χ1v) is 15.6. The molecule has 224 valence electrons. The number of hydrogen-bond acceptors (Lipinski definition) is 1. The van der Waals surface area contributed by atoms with Crippen LogP contribution in [0.15, 0.2) is 164 Å². The zero-order valence-corrected chi connectivity index (χ0v) is 25.2. The van der Waals surface area contributed by atoms with Crippen LogP contribution in [-0.4, -0.2) is 9.13 Å². The third kappa shape index (κ3) is 4.24. The first-order valence-electron chi connectivity index (χ1n) is 15.6. The molecule has 0 saturated carbocycles. The lowest BCUT2D eigenvalue weighted by molar-refractivity contribution is 0.629. The Kier molecular flexibility index (Phi) is 6.18. The van der Waals surface area contributed by atoms with E-state index in [9.17, 15) is 0 Å². The molecule has 2 heterocycles. The van der Waals surface area contributed by atoms with E-state index in [-0.39, 0.29) is 11.6 Å². The summed E-state index contributed by atoms with van der Waals surface area (Å²) in [5, 5.41) is 3.46. The number of hydrogen-bond donors (Lipinski definition) is 0. The topological polar surface area (TPSA) is 13.1 Å². The van der Waals surface area contributed by atoms with Crippen molar-refractivity contribution in [2.45, 2.75) is 0 Å². The average Bonchev–Trinajstić information content (AvgIpc) is 3.62. The summed E-state index contributed by atoms with van der Waals surface area (Å²) in [4.78, 5) is 2.23. The molecule has 2 aromatic heterocycles. The molecular weight excluding hydrogens is 584 g/mol. The number of para-hydroxylation sites is 3. The highest BCUT2D eigenvalue weighted by molar-refractivity contribution is 6.20. The summed E-state index contributed by atoms with van der Waals surface area (Å²) >= 11 is 0. The number of benzene rings is 7. The molecule has 7 aromatic carbocycles. The fourth-order valence-electron chi connectivity index (χ4n) is 7.12. The molecule has 5 heteroatoms. The highest BCUT2D eigenvalue weighted by Crippen LogP contribution is 2.47. The number of rotatable bonds is 5. The van der Waals surface area contributed by atoms with Gasteiger partial charge >= 0.3 is 0 Å². The second-order valence-electron chi connectivity index (χ2n) is 11.7.